The van der Waals surface area contributed by atoms with Gasteiger partial charge >= 0.3 is 0 Å². The lowest BCUT2D eigenvalue weighted by molar-refractivity contribution is 0.271. The molecule has 0 aliphatic rings. The minimum absolute atomic E-state index is 0.0167. The van der Waals surface area contributed by atoms with Crippen molar-refractivity contribution in [2.75, 3.05) is 19.7 Å². The number of nitrogens with zero attached hydrogens (tertiary/aromatic N) is 1. The van der Waals surface area contributed by atoms with Crippen molar-refractivity contribution in [1.29, 1.82) is 0 Å². The molecule has 0 aliphatic heterocycles. The normalized spacial score (nSPS) is 12.2. The summed E-state index contributed by atoms with van der Waals surface area (Å²) in [6, 6.07) is 3.07. The van der Waals surface area contributed by atoms with Crippen LogP contribution in [0.3, 0.4) is 0 Å². The minimum Gasteiger partial charge on any atom is -0.396 e. The Kier molecular flexibility index (Phi) is 5.20. The van der Waals surface area contributed by atoms with Crippen molar-refractivity contribution in [3.63, 3.8) is 0 Å². The van der Waals surface area contributed by atoms with Crippen LogP contribution in [0.25, 0.3) is 0 Å². The Bertz CT molecular complexity index is 430. The van der Waals surface area contributed by atoms with Crippen molar-refractivity contribution in [2.24, 2.45) is 0 Å². The Morgan fingerprint density at radius 1 is 1.50 bits per heavy atom. The Morgan fingerprint density at radius 3 is 2.62 bits per heavy atom. The van der Waals surface area contributed by atoms with Crippen molar-refractivity contribution < 1.29 is 13.5 Å². The summed E-state index contributed by atoms with van der Waals surface area (Å²) in [6.07, 6.45) is 0.437. The SMILES string of the molecule is CCN(CCCO)S(=O)(=O)c1ccc(Cl)s1. The summed E-state index contributed by atoms with van der Waals surface area (Å²) in [6.45, 7) is 2.46. The number of hydrogen-bond acceptors (Lipinski definition) is 4. The molecule has 0 aromatic carbocycles. The van der Waals surface area contributed by atoms with Gasteiger partial charge < -0.3 is 5.11 Å². The van der Waals surface area contributed by atoms with Crippen LogP contribution in [0.4, 0.5) is 0 Å². The van der Waals surface area contributed by atoms with E-state index < -0.39 is 10.0 Å². The lowest BCUT2D eigenvalue weighted by Crippen LogP contribution is -2.31. The first-order valence-electron chi connectivity index (χ1n) is 4.88. The van der Waals surface area contributed by atoms with Gasteiger partial charge in [-0.2, -0.15) is 4.31 Å². The third-order valence-corrected chi connectivity index (χ3v) is 5.73. The summed E-state index contributed by atoms with van der Waals surface area (Å²) in [4.78, 5) is 0. The van der Waals surface area contributed by atoms with Crippen LogP contribution in [-0.4, -0.2) is 37.5 Å². The Labute approximate surface area is 105 Å². The van der Waals surface area contributed by atoms with Crippen LogP contribution in [0.2, 0.25) is 4.34 Å². The number of halogens is 1. The zero-order chi connectivity index (χ0) is 12.2. The van der Waals surface area contributed by atoms with Gasteiger partial charge in [0.15, 0.2) is 0 Å². The zero-order valence-electron chi connectivity index (χ0n) is 8.89. The molecule has 4 nitrogen and oxygen atoms in total. The quantitative estimate of drug-likeness (QED) is 0.866. The third-order valence-electron chi connectivity index (χ3n) is 2.06. The van der Waals surface area contributed by atoms with E-state index in [9.17, 15) is 8.42 Å². The molecule has 0 amide bonds. The van der Waals surface area contributed by atoms with Crippen molar-refractivity contribution in [2.45, 2.75) is 17.6 Å². The molecule has 16 heavy (non-hydrogen) atoms. The number of aliphatic hydroxyl groups excluding tert-OH is 1. The molecule has 7 heteroatoms. The first-order valence-corrected chi connectivity index (χ1v) is 7.52. The highest BCUT2D eigenvalue weighted by Gasteiger charge is 2.24. The molecule has 0 saturated heterocycles. The predicted molar refractivity (Wildman–Crippen MR) is 65.5 cm³/mol. The number of rotatable bonds is 6. The summed E-state index contributed by atoms with van der Waals surface area (Å²) in [7, 11) is -3.45. The summed E-state index contributed by atoms with van der Waals surface area (Å²) in [5.41, 5.74) is 0. The topological polar surface area (TPSA) is 57.6 Å². The van der Waals surface area contributed by atoms with E-state index in [0.29, 0.717) is 23.8 Å². The van der Waals surface area contributed by atoms with Crippen LogP contribution in [-0.2, 0) is 10.0 Å². The standard InChI is InChI=1S/C9H14ClNO3S2/c1-2-11(6-3-7-12)16(13,14)9-5-4-8(10)15-9/h4-5,12H,2-3,6-7H2,1H3. The van der Waals surface area contributed by atoms with E-state index in [4.69, 9.17) is 16.7 Å². The molecule has 0 atom stereocenters. The van der Waals surface area contributed by atoms with Gasteiger partial charge in [0.25, 0.3) is 10.0 Å². The Hall–Kier alpha value is -0.140. The van der Waals surface area contributed by atoms with E-state index in [1.54, 1.807) is 13.0 Å². The van der Waals surface area contributed by atoms with Crippen molar-refractivity contribution >= 4 is 33.0 Å². The fraction of sp³-hybridized carbons (Fsp3) is 0.556. The smallest absolute Gasteiger partial charge is 0.252 e. The molecule has 0 bridgehead atoms. The molecular weight excluding hydrogens is 270 g/mol. The van der Waals surface area contributed by atoms with Gasteiger partial charge in [-0.1, -0.05) is 18.5 Å². The fourth-order valence-electron chi connectivity index (χ4n) is 1.26. The van der Waals surface area contributed by atoms with Gasteiger partial charge in [0.1, 0.15) is 4.21 Å². The molecule has 0 fully saturated rings. The van der Waals surface area contributed by atoms with Crippen LogP contribution in [0.1, 0.15) is 13.3 Å². The lowest BCUT2D eigenvalue weighted by atomic mass is 10.4. The van der Waals surface area contributed by atoms with Gasteiger partial charge in [0, 0.05) is 19.7 Å². The summed E-state index contributed by atoms with van der Waals surface area (Å²) >= 11 is 6.76. The van der Waals surface area contributed by atoms with E-state index in [1.165, 1.54) is 10.4 Å². The average molecular weight is 284 g/mol. The van der Waals surface area contributed by atoms with Gasteiger partial charge in [-0.15, -0.1) is 11.3 Å². The first kappa shape index (κ1) is 13.9. The van der Waals surface area contributed by atoms with Gasteiger partial charge in [-0.05, 0) is 18.6 Å². The highest BCUT2D eigenvalue weighted by atomic mass is 35.5. The highest BCUT2D eigenvalue weighted by Crippen LogP contribution is 2.27. The molecule has 0 unspecified atom stereocenters. The number of hydrogen-bond donors (Lipinski definition) is 1. The average Bonchev–Trinajstić information content (AvgIpc) is 2.66. The molecule has 1 N–H and O–H groups in total. The summed E-state index contributed by atoms with van der Waals surface area (Å²) in [5, 5.41) is 8.71. The first-order chi connectivity index (χ1) is 7.52. The number of aliphatic hydroxyl groups is 1. The van der Waals surface area contributed by atoms with Crippen molar-refractivity contribution in [3.8, 4) is 0 Å². The maximum absolute atomic E-state index is 12.1. The van der Waals surface area contributed by atoms with Gasteiger partial charge in [0.2, 0.25) is 0 Å². The number of sulfonamides is 1. The zero-order valence-corrected chi connectivity index (χ0v) is 11.3. The van der Waals surface area contributed by atoms with E-state index >= 15 is 0 Å². The van der Waals surface area contributed by atoms with E-state index in [1.807, 2.05) is 0 Å². The molecule has 0 aliphatic carbocycles. The summed E-state index contributed by atoms with van der Waals surface area (Å²) in [5.74, 6) is 0. The molecule has 1 rings (SSSR count). The molecule has 0 radical (unpaired) electrons. The van der Waals surface area contributed by atoms with Crippen molar-refractivity contribution in [1.82, 2.24) is 4.31 Å². The van der Waals surface area contributed by atoms with Crippen LogP contribution in [0.5, 0.6) is 0 Å². The second-order valence-electron chi connectivity index (χ2n) is 3.13. The maximum Gasteiger partial charge on any atom is 0.252 e. The molecule has 0 saturated carbocycles. The van der Waals surface area contributed by atoms with Crippen LogP contribution in [0.15, 0.2) is 16.3 Å². The largest absolute Gasteiger partial charge is 0.396 e. The molecule has 1 heterocycles. The Balaban J connectivity index is 2.90. The van der Waals surface area contributed by atoms with E-state index in [0.717, 1.165) is 11.3 Å². The predicted octanol–water partition coefficient (Wildman–Crippen LogP) is 1.79. The molecule has 92 valence electrons. The maximum atomic E-state index is 12.1. The second kappa shape index (κ2) is 5.97. The van der Waals surface area contributed by atoms with Gasteiger partial charge in [-0.3, -0.25) is 0 Å². The number of thiophene rings is 1. The van der Waals surface area contributed by atoms with Crippen LogP contribution >= 0.6 is 22.9 Å². The fourth-order valence-corrected chi connectivity index (χ4v) is 4.38. The van der Waals surface area contributed by atoms with Crippen molar-refractivity contribution in [3.05, 3.63) is 16.5 Å². The Morgan fingerprint density at radius 2 is 2.19 bits per heavy atom. The molecular formula is C9H14ClNO3S2. The van der Waals surface area contributed by atoms with Crippen LogP contribution < -0.4 is 0 Å². The lowest BCUT2D eigenvalue weighted by Gasteiger charge is -2.18. The van der Waals surface area contributed by atoms with Gasteiger partial charge in [0.05, 0.1) is 4.34 Å². The highest BCUT2D eigenvalue weighted by molar-refractivity contribution is 7.91. The monoisotopic (exact) mass is 283 g/mol. The summed E-state index contributed by atoms with van der Waals surface area (Å²) < 4.78 is 26.2. The van der Waals surface area contributed by atoms with Crippen LogP contribution in [0, 0.1) is 0 Å². The molecule has 1 aromatic rings. The second-order valence-corrected chi connectivity index (χ2v) is 7.01. The van der Waals surface area contributed by atoms with E-state index in [-0.39, 0.29) is 10.8 Å². The third kappa shape index (κ3) is 3.18. The van der Waals surface area contributed by atoms with E-state index in [2.05, 4.69) is 0 Å². The minimum atomic E-state index is -3.45. The molecule has 0 spiro atoms. The van der Waals surface area contributed by atoms with Gasteiger partial charge in [-0.25, -0.2) is 8.42 Å². The molecule has 1 aromatic heterocycles.